The van der Waals surface area contributed by atoms with E-state index in [4.69, 9.17) is 0 Å². The van der Waals surface area contributed by atoms with E-state index in [0.29, 0.717) is 18.3 Å². The molecule has 0 aliphatic heterocycles. The maximum atomic E-state index is 14.0. The van der Waals surface area contributed by atoms with Gasteiger partial charge in [0.15, 0.2) is 5.69 Å². The molecule has 22 heavy (non-hydrogen) atoms. The van der Waals surface area contributed by atoms with Gasteiger partial charge in [0.25, 0.3) is 0 Å². The number of imidazole rings is 1. The topological polar surface area (TPSA) is 44.1 Å². The van der Waals surface area contributed by atoms with Crippen LogP contribution in [-0.2, 0) is 18.0 Å². The van der Waals surface area contributed by atoms with E-state index in [-0.39, 0.29) is 0 Å². The van der Waals surface area contributed by atoms with E-state index < -0.39 is 46.4 Å². The van der Waals surface area contributed by atoms with E-state index in [0.717, 1.165) is 11.7 Å². The molecular weight excluding hydrogens is 311 g/mol. The van der Waals surface area contributed by atoms with Crippen molar-refractivity contribution in [3.8, 4) is 11.4 Å². The van der Waals surface area contributed by atoms with E-state index in [9.17, 15) is 26.7 Å². The maximum absolute atomic E-state index is 14.0. The van der Waals surface area contributed by atoms with Crippen LogP contribution in [0.15, 0.2) is 18.3 Å². The number of hydrogen-bond donors (Lipinski definition) is 0. The molecule has 0 N–H and O–H groups in total. The molecule has 0 spiro atoms. The van der Waals surface area contributed by atoms with Gasteiger partial charge in [0.2, 0.25) is 0 Å². The van der Waals surface area contributed by atoms with E-state index in [2.05, 4.69) is 9.72 Å². The highest BCUT2D eigenvalue weighted by molar-refractivity contribution is 5.90. The highest BCUT2D eigenvalue weighted by Gasteiger charge is 2.35. The van der Waals surface area contributed by atoms with Gasteiger partial charge in [0.1, 0.15) is 17.5 Å². The quantitative estimate of drug-likeness (QED) is 0.631. The minimum absolute atomic E-state index is 0.397. The van der Waals surface area contributed by atoms with Gasteiger partial charge in [0.05, 0.1) is 18.2 Å². The van der Waals surface area contributed by atoms with Crippen molar-refractivity contribution in [3.05, 3.63) is 41.2 Å². The van der Waals surface area contributed by atoms with Crippen molar-refractivity contribution in [2.24, 2.45) is 7.05 Å². The van der Waals surface area contributed by atoms with Crippen LogP contribution in [0, 0.1) is 11.6 Å². The van der Waals surface area contributed by atoms with Crippen molar-refractivity contribution in [1.29, 1.82) is 0 Å². The zero-order valence-corrected chi connectivity index (χ0v) is 11.3. The Kier molecular flexibility index (Phi) is 3.90. The van der Waals surface area contributed by atoms with E-state index in [1.165, 1.54) is 7.05 Å². The Bertz CT molecular complexity index is 714. The smallest absolute Gasteiger partial charge is 0.434 e. The van der Waals surface area contributed by atoms with Crippen LogP contribution in [0.3, 0.4) is 0 Å². The number of methoxy groups -OCH3 is 1. The average Bonchev–Trinajstić information content (AvgIpc) is 2.79. The van der Waals surface area contributed by atoms with Gasteiger partial charge < -0.3 is 9.30 Å². The lowest BCUT2D eigenvalue weighted by molar-refractivity contribution is -0.140. The fourth-order valence-electron chi connectivity index (χ4n) is 1.86. The van der Waals surface area contributed by atoms with Gasteiger partial charge >= 0.3 is 12.1 Å². The van der Waals surface area contributed by atoms with Gasteiger partial charge in [-0.2, -0.15) is 13.2 Å². The van der Waals surface area contributed by atoms with Crippen molar-refractivity contribution >= 4 is 5.97 Å². The summed E-state index contributed by atoms with van der Waals surface area (Å²) in [5.41, 5.74) is -2.43. The Labute approximate surface area is 121 Å². The predicted octanol–water partition coefficient (Wildman–Crippen LogP) is 3.17. The van der Waals surface area contributed by atoms with Crippen LogP contribution in [0.4, 0.5) is 22.0 Å². The molecule has 0 atom stereocenters. The van der Waals surface area contributed by atoms with Gasteiger partial charge in [-0.15, -0.1) is 0 Å². The molecule has 0 radical (unpaired) electrons. The molecule has 0 saturated heterocycles. The molecule has 0 unspecified atom stereocenters. The normalized spacial score (nSPS) is 11.6. The number of rotatable bonds is 2. The van der Waals surface area contributed by atoms with Crippen LogP contribution in [-0.4, -0.2) is 22.6 Å². The number of esters is 1. The van der Waals surface area contributed by atoms with Gasteiger partial charge in [0, 0.05) is 13.2 Å². The molecule has 2 rings (SSSR count). The molecule has 0 saturated carbocycles. The van der Waals surface area contributed by atoms with Crippen LogP contribution in [0.2, 0.25) is 0 Å². The van der Waals surface area contributed by atoms with Gasteiger partial charge in [-0.05, 0) is 12.1 Å². The summed E-state index contributed by atoms with van der Waals surface area (Å²) < 4.78 is 70.9. The zero-order valence-electron chi connectivity index (χ0n) is 11.3. The molecule has 0 fully saturated rings. The van der Waals surface area contributed by atoms with Crippen LogP contribution >= 0.6 is 0 Å². The number of benzene rings is 1. The summed E-state index contributed by atoms with van der Waals surface area (Å²) in [7, 11) is 2.20. The molecule has 1 heterocycles. The van der Waals surface area contributed by atoms with Gasteiger partial charge in [-0.1, -0.05) is 0 Å². The first-order valence-corrected chi connectivity index (χ1v) is 5.83. The molecule has 9 heteroatoms. The largest absolute Gasteiger partial charge is 0.465 e. The highest BCUT2D eigenvalue weighted by atomic mass is 19.4. The Morgan fingerprint density at radius 2 is 1.77 bits per heavy atom. The third-order valence-electron chi connectivity index (χ3n) is 2.85. The molecule has 0 aliphatic carbocycles. The van der Waals surface area contributed by atoms with Crippen LogP contribution in [0.5, 0.6) is 0 Å². The number of hydrogen-bond acceptors (Lipinski definition) is 3. The number of aryl methyl sites for hydroxylation is 1. The summed E-state index contributed by atoms with van der Waals surface area (Å²) in [5.74, 6) is -3.95. The SMILES string of the molecule is COC(=O)c1cc(F)c(-c2nc(C(F)(F)F)cn2C)c(F)c1. The van der Waals surface area contributed by atoms with E-state index >= 15 is 0 Å². The molecule has 0 aliphatic rings. The number of nitrogens with zero attached hydrogens (tertiary/aromatic N) is 2. The van der Waals surface area contributed by atoms with Gasteiger partial charge in [-0.25, -0.2) is 18.6 Å². The second-order valence-corrected chi connectivity index (χ2v) is 4.36. The first-order chi connectivity index (χ1) is 10.1. The third kappa shape index (κ3) is 2.78. The number of alkyl halides is 3. The minimum Gasteiger partial charge on any atom is -0.465 e. The van der Waals surface area contributed by atoms with Gasteiger partial charge in [-0.3, -0.25) is 0 Å². The predicted molar refractivity (Wildman–Crippen MR) is 64.9 cm³/mol. The minimum atomic E-state index is -4.74. The molecule has 1 aromatic heterocycles. The second kappa shape index (κ2) is 5.39. The fourth-order valence-corrected chi connectivity index (χ4v) is 1.86. The Morgan fingerprint density at radius 3 is 2.18 bits per heavy atom. The Hall–Kier alpha value is -2.45. The summed E-state index contributed by atoms with van der Waals surface area (Å²) in [6, 6.07) is 1.35. The fraction of sp³-hybridized carbons (Fsp3) is 0.231. The van der Waals surface area contributed by atoms with Crippen LogP contribution in [0.25, 0.3) is 11.4 Å². The monoisotopic (exact) mass is 320 g/mol. The Balaban J connectivity index is 2.59. The second-order valence-electron chi connectivity index (χ2n) is 4.36. The number of carbonyl (C=O) groups excluding carboxylic acids is 1. The first-order valence-electron chi connectivity index (χ1n) is 5.83. The highest BCUT2D eigenvalue weighted by Crippen LogP contribution is 2.32. The lowest BCUT2D eigenvalue weighted by atomic mass is 10.1. The summed E-state index contributed by atoms with van der Waals surface area (Å²) in [4.78, 5) is 14.5. The van der Waals surface area contributed by atoms with Crippen molar-refractivity contribution in [1.82, 2.24) is 9.55 Å². The van der Waals surface area contributed by atoms with Crippen LogP contribution in [0.1, 0.15) is 16.1 Å². The molecular formula is C13H9F5N2O2. The van der Waals surface area contributed by atoms with Crippen molar-refractivity contribution < 1.29 is 31.5 Å². The number of halogens is 5. The molecule has 0 amide bonds. The van der Waals surface area contributed by atoms with E-state index in [1.54, 1.807) is 0 Å². The third-order valence-corrected chi connectivity index (χ3v) is 2.85. The van der Waals surface area contributed by atoms with E-state index in [1.807, 2.05) is 0 Å². The first kappa shape index (κ1) is 15.9. The van der Waals surface area contributed by atoms with Crippen molar-refractivity contribution in [2.75, 3.05) is 7.11 Å². The van der Waals surface area contributed by atoms with Crippen molar-refractivity contribution in [3.63, 3.8) is 0 Å². The Morgan fingerprint density at radius 1 is 1.23 bits per heavy atom. The summed E-state index contributed by atoms with van der Waals surface area (Å²) in [6.45, 7) is 0. The summed E-state index contributed by atoms with van der Waals surface area (Å²) in [5, 5.41) is 0. The number of aromatic nitrogens is 2. The molecule has 118 valence electrons. The molecule has 0 bridgehead atoms. The molecule has 1 aromatic carbocycles. The lowest BCUT2D eigenvalue weighted by Gasteiger charge is -2.07. The summed E-state index contributed by atoms with van der Waals surface area (Å²) >= 11 is 0. The summed E-state index contributed by atoms with van der Waals surface area (Å²) in [6.07, 6.45) is -4.13. The standard InChI is InChI=1S/C13H9F5N2O2/c1-20-5-9(13(16,17)18)19-11(20)10-7(14)3-6(4-8(10)15)12(21)22-2/h3-5H,1-2H3. The zero-order chi connectivity index (χ0) is 16.7. The average molecular weight is 320 g/mol. The van der Waals surface area contributed by atoms with Crippen molar-refractivity contribution in [2.45, 2.75) is 6.18 Å². The number of carbonyl (C=O) groups is 1. The number of ether oxygens (including phenoxy) is 1. The lowest BCUT2D eigenvalue weighted by Crippen LogP contribution is -2.06. The molecule has 2 aromatic rings. The van der Waals surface area contributed by atoms with Crippen LogP contribution < -0.4 is 0 Å². The maximum Gasteiger partial charge on any atom is 0.434 e. The molecule has 4 nitrogen and oxygen atoms in total.